The SMILES string of the molecule is CCOC(=O)c1onc(Cc2cccc(C)c2)c1N.CCOC(=O)c1onc(Cc2cccc(C)c2)c1[N+](=O)[O-].Cc1cccc(C/C(C[N+](=O)[O-])=N/O)c1.Cc1cccc(CC(=O)C[N+](=O)[O-])c1.Cc1cccc(CC(=O)O)c1.Cc1cccc(Cc2noc3c(=O)[nH]c(N)nc23)c1. The Morgan fingerprint density at radius 1 is 0.535 bits per heavy atom. The number of carbonyl (C=O) groups is 4. The van der Waals surface area contributed by atoms with Crippen LogP contribution in [0.1, 0.15) is 119 Å². The summed E-state index contributed by atoms with van der Waals surface area (Å²) in [6.45, 7) is 14.4. The summed E-state index contributed by atoms with van der Waals surface area (Å²) in [7, 11) is 0. The number of ether oxygens (including phenoxy) is 2. The Labute approximate surface area is 566 Å². The minimum Gasteiger partial charge on any atom is -0.481 e. The molecule has 4 aromatic heterocycles. The van der Waals surface area contributed by atoms with Crippen LogP contribution in [0.4, 0.5) is 17.3 Å². The van der Waals surface area contributed by atoms with Gasteiger partial charge in [-0.05, 0) is 88.8 Å². The van der Waals surface area contributed by atoms with Crippen LogP contribution in [0.15, 0.2) is 169 Å². The molecule has 10 aromatic rings. The molecule has 4 heterocycles. The molecule has 29 heteroatoms. The van der Waals surface area contributed by atoms with Crippen LogP contribution >= 0.6 is 0 Å². The highest BCUT2D eigenvalue weighted by Gasteiger charge is 2.33. The maximum absolute atomic E-state index is 11.6. The number of aryl methyl sites for hydroxylation is 6. The van der Waals surface area contributed by atoms with E-state index in [0.29, 0.717) is 36.2 Å². The average Bonchev–Trinajstić information content (AvgIpc) is 1.68. The van der Waals surface area contributed by atoms with E-state index in [1.165, 1.54) is 0 Å². The molecule has 0 spiro atoms. The number of nitrogen functional groups attached to an aromatic ring is 2. The second kappa shape index (κ2) is 38.7. The number of aromatic amines is 1. The van der Waals surface area contributed by atoms with Crippen molar-refractivity contribution in [2.24, 2.45) is 5.16 Å². The van der Waals surface area contributed by atoms with Gasteiger partial charge in [-0.2, -0.15) is 0 Å². The smallest absolute Gasteiger partial charge is 0.384 e. The number of benzene rings is 6. The molecule has 0 aliphatic rings. The second-order valence-electron chi connectivity index (χ2n) is 22.2. The molecule has 0 atom stereocenters. The monoisotopic (exact) mass is 1360 g/mol. The Kier molecular flexibility index (Phi) is 30.2. The van der Waals surface area contributed by atoms with Crippen LogP contribution in [0.25, 0.3) is 11.1 Å². The molecule has 518 valence electrons. The van der Waals surface area contributed by atoms with Crippen LogP contribution < -0.4 is 17.0 Å². The second-order valence-corrected chi connectivity index (χ2v) is 22.2. The number of fused-ring (bicyclic) bond motifs is 1. The van der Waals surface area contributed by atoms with E-state index in [2.05, 4.69) is 36.7 Å². The highest BCUT2D eigenvalue weighted by Crippen LogP contribution is 2.27. The zero-order chi connectivity index (χ0) is 72.7. The Morgan fingerprint density at radius 2 is 0.919 bits per heavy atom. The molecule has 0 bridgehead atoms. The van der Waals surface area contributed by atoms with Gasteiger partial charge in [0.05, 0.1) is 24.6 Å². The van der Waals surface area contributed by atoms with Gasteiger partial charge < -0.3 is 44.8 Å². The first-order valence-electron chi connectivity index (χ1n) is 30.5. The molecule has 0 unspecified atom stereocenters. The van der Waals surface area contributed by atoms with Gasteiger partial charge in [-0.15, -0.1) is 0 Å². The Bertz CT molecular complexity index is 4520. The van der Waals surface area contributed by atoms with Gasteiger partial charge in [0.25, 0.3) is 17.9 Å². The van der Waals surface area contributed by atoms with Gasteiger partial charge in [0, 0.05) is 42.0 Å². The number of rotatable bonds is 21. The van der Waals surface area contributed by atoms with E-state index in [-0.39, 0.29) is 72.6 Å². The number of aliphatic carboxylic acids is 1. The molecule has 0 saturated carbocycles. The number of nitrogens with two attached hydrogens (primary N) is 2. The molecule has 0 fully saturated rings. The molecule has 29 nitrogen and oxygen atoms in total. The zero-order valence-corrected chi connectivity index (χ0v) is 55.6. The van der Waals surface area contributed by atoms with Crippen molar-refractivity contribution in [1.82, 2.24) is 25.4 Å². The molecular weight excluding hydrogens is 1280 g/mol. The van der Waals surface area contributed by atoms with Crippen molar-refractivity contribution >= 4 is 57.8 Å². The number of carbonyl (C=O) groups excluding carboxylic acids is 3. The molecule has 7 N–H and O–H groups in total. The molecular formula is C70H75N11O18. The summed E-state index contributed by atoms with van der Waals surface area (Å²) in [5.74, 6) is -3.04. The van der Waals surface area contributed by atoms with E-state index in [1.807, 2.05) is 175 Å². The third-order valence-electron chi connectivity index (χ3n) is 13.6. The molecule has 6 aromatic carbocycles. The maximum Gasteiger partial charge on any atom is 0.384 e. The number of carboxylic acids is 1. The summed E-state index contributed by atoms with van der Waals surface area (Å²) in [4.78, 5) is 92.3. The topological polar surface area (TPSA) is 445 Å². The van der Waals surface area contributed by atoms with Crippen molar-refractivity contribution in [2.75, 3.05) is 37.8 Å². The number of nitrogens with zero attached hydrogens (tertiary/aromatic N) is 8. The molecule has 0 aliphatic carbocycles. The Hall–Kier alpha value is -12.6. The summed E-state index contributed by atoms with van der Waals surface area (Å²) < 4.78 is 24.4. The number of anilines is 2. The standard InChI is InChI=1S/C14H14N2O5.C14H16N2O3.C13H12N4O2.C10H12N2O3.C10H11NO3.C9H10O2/c1-3-20-14(17)13-12(16(18)19)11(15-21-13)8-10-6-4-5-9(2)7-10;1-3-18-14(17)13-12(15)11(16-19-13)8-10-6-4-5-9(2)7-10;1-7-3-2-4-8(5-7)6-9-10-11(19-17-9)12(18)16-13(14)15-10;1-8-3-2-4-9(5-8)6-10(11-13)7-12(14)15;1-8-3-2-4-9(5-8)6-10(12)7-11(13)14;1-7-3-2-4-8(5-7)6-9(10)11/h4-7H,3,8H2,1-2H3;4-7H,3,8,15H2,1-2H3;2-5H,6H2,1H3,(H3,14,15,16,18);2-5,13H,6-7H2,1H3;2-5H,6-7H2,1H3;2-5H,6H2,1H3,(H,10,11)/b;;;11-10-;;. The first kappa shape index (κ1) is 77.1. The van der Waals surface area contributed by atoms with Gasteiger partial charge in [-0.1, -0.05) is 200 Å². The summed E-state index contributed by atoms with van der Waals surface area (Å²) in [5, 5.41) is 62.8. The maximum atomic E-state index is 11.6. The van der Waals surface area contributed by atoms with Gasteiger partial charge in [0.1, 0.15) is 28.3 Å². The van der Waals surface area contributed by atoms with Gasteiger partial charge >= 0.3 is 29.4 Å². The van der Waals surface area contributed by atoms with Crippen LogP contribution in [0.3, 0.4) is 0 Å². The van der Waals surface area contributed by atoms with E-state index in [4.69, 9.17) is 44.8 Å². The molecule has 0 radical (unpaired) electrons. The number of ketones is 1. The highest BCUT2D eigenvalue weighted by molar-refractivity contribution is 5.92. The van der Waals surface area contributed by atoms with E-state index >= 15 is 0 Å². The number of nitro groups is 3. The van der Waals surface area contributed by atoms with Crippen molar-refractivity contribution in [3.05, 3.63) is 282 Å². The fraction of sp³-hybridized carbons (Fsp3) is 0.257. The van der Waals surface area contributed by atoms with Gasteiger partial charge in [-0.25, -0.2) is 14.6 Å². The van der Waals surface area contributed by atoms with Crippen LogP contribution in [-0.2, 0) is 57.6 Å². The molecule has 10 rings (SSSR count). The lowest BCUT2D eigenvalue weighted by atomic mass is 10.1. The van der Waals surface area contributed by atoms with E-state index in [1.54, 1.807) is 19.9 Å². The Morgan fingerprint density at radius 3 is 1.34 bits per heavy atom. The number of H-pyrrole nitrogens is 1. The lowest BCUT2D eigenvalue weighted by Crippen LogP contribution is -2.16. The van der Waals surface area contributed by atoms with E-state index < -0.39 is 62.8 Å². The summed E-state index contributed by atoms with van der Waals surface area (Å²) in [6.07, 6.45) is 1.84. The average molecular weight is 1360 g/mol. The predicted octanol–water partition coefficient (Wildman–Crippen LogP) is 11.0. The van der Waals surface area contributed by atoms with Gasteiger partial charge in [-0.3, -0.25) is 49.7 Å². The number of oxime groups is 1. The normalized spacial score (nSPS) is 10.5. The fourth-order valence-electron chi connectivity index (χ4n) is 9.40. The van der Waals surface area contributed by atoms with Gasteiger partial charge in [0.15, 0.2) is 5.69 Å². The van der Waals surface area contributed by atoms with Crippen molar-refractivity contribution in [3.8, 4) is 0 Å². The number of nitrogens with one attached hydrogen (secondary N) is 1. The van der Waals surface area contributed by atoms with Crippen molar-refractivity contribution in [1.29, 1.82) is 0 Å². The number of hydrogen-bond acceptors (Lipinski definition) is 24. The van der Waals surface area contributed by atoms with Crippen molar-refractivity contribution < 1.29 is 67.3 Å². The molecule has 0 aliphatic heterocycles. The van der Waals surface area contributed by atoms with Crippen molar-refractivity contribution in [3.63, 3.8) is 0 Å². The predicted molar refractivity (Wildman–Crippen MR) is 365 cm³/mol. The number of Topliss-reactive ketones (excluding diaryl/α,β-unsaturated/α-hetero) is 1. The lowest BCUT2D eigenvalue weighted by molar-refractivity contribution is -0.467. The van der Waals surface area contributed by atoms with E-state index in [9.17, 15) is 54.3 Å². The van der Waals surface area contributed by atoms with Crippen molar-refractivity contribution in [2.45, 2.75) is 93.9 Å². The number of hydrogen-bond donors (Lipinski definition) is 5. The fourth-order valence-corrected chi connectivity index (χ4v) is 9.40. The van der Waals surface area contributed by atoms with Crippen LogP contribution in [0, 0.1) is 71.9 Å². The first-order valence-corrected chi connectivity index (χ1v) is 30.5. The Balaban J connectivity index is 0.000000217. The minimum absolute atomic E-state index is 0.0236. The molecule has 0 saturated heterocycles. The summed E-state index contributed by atoms with van der Waals surface area (Å²) in [5.41, 5.74) is 24.9. The summed E-state index contributed by atoms with van der Waals surface area (Å²) in [6, 6.07) is 46.0. The number of carboxylic acid groups (broad SMARTS) is 1. The molecule has 99 heavy (non-hydrogen) atoms. The quantitative estimate of drug-likeness (QED) is 0.0147. The summed E-state index contributed by atoms with van der Waals surface area (Å²) >= 11 is 0. The molecule has 0 amide bonds. The van der Waals surface area contributed by atoms with Crippen LogP contribution in [0.2, 0.25) is 0 Å². The number of esters is 2. The van der Waals surface area contributed by atoms with E-state index in [0.717, 1.165) is 66.8 Å². The third kappa shape index (κ3) is 26.3. The van der Waals surface area contributed by atoms with Crippen LogP contribution in [-0.4, -0.2) is 106 Å². The van der Waals surface area contributed by atoms with Crippen LogP contribution in [0.5, 0.6) is 0 Å². The largest absolute Gasteiger partial charge is 0.481 e. The first-order chi connectivity index (χ1) is 47.1. The number of aromatic nitrogens is 5. The third-order valence-corrected chi connectivity index (χ3v) is 13.6. The van der Waals surface area contributed by atoms with Gasteiger partial charge in [0.2, 0.25) is 23.9 Å². The minimum atomic E-state index is -0.882. The zero-order valence-electron chi connectivity index (χ0n) is 55.6. The lowest BCUT2D eigenvalue weighted by Gasteiger charge is -2.01. The highest BCUT2D eigenvalue weighted by atomic mass is 16.6.